The lowest BCUT2D eigenvalue weighted by Gasteiger charge is -2.40. The SMILES string of the molecule is CN[C@H](C)C(=O)N1CCC2(CCN(C(=O)[C@H](Cc3cc(C)c4[nH]ncc4c3)NC(=O)N3CCC(c4cc5ccccc5[nH]c4=O)CC3)C2)CC1. The minimum atomic E-state index is -0.736. The fraction of sp³-hybridized carbons (Fsp3) is 0.500. The molecule has 3 aliphatic rings. The fourth-order valence-electron chi connectivity index (χ4n) is 8.32. The summed E-state index contributed by atoms with van der Waals surface area (Å²) in [7, 11) is 1.80. The van der Waals surface area contributed by atoms with Gasteiger partial charge in [-0.2, -0.15) is 5.10 Å². The van der Waals surface area contributed by atoms with E-state index in [1.807, 2.05) is 60.0 Å². The van der Waals surface area contributed by atoms with Gasteiger partial charge in [0.2, 0.25) is 11.8 Å². The molecular formula is C38H48N8O4. The van der Waals surface area contributed by atoms with E-state index in [9.17, 15) is 19.2 Å². The van der Waals surface area contributed by atoms with Crippen LogP contribution in [0, 0.1) is 12.3 Å². The van der Waals surface area contributed by atoms with Crippen molar-refractivity contribution < 1.29 is 14.4 Å². The van der Waals surface area contributed by atoms with Crippen molar-refractivity contribution in [2.45, 2.75) is 70.4 Å². The monoisotopic (exact) mass is 680 g/mol. The summed E-state index contributed by atoms with van der Waals surface area (Å²) in [6.07, 6.45) is 6.11. The number of likely N-dealkylation sites (N-methyl/N-ethyl adjacent to an activating group) is 1. The highest BCUT2D eigenvalue weighted by molar-refractivity contribution is 5.88. The van der Waals surface area contributed by atoms with Crippen LogP contribution in [0.15, 0.2) is 53.5 Å². The number of nitrogens with zero attached hydrogens (tertiary/aromatic N) is 4. The average Bonchev–Trinajstić information content (AvgIpc) is 3.78. The number of aryl methyl sites for hydroxylation is 1. The molecule has 264 valence electrons. The summed E-state index contributed by atoms with van der Waals surface area (Å²) >= 11 is 0. The number of aromatic amines is 2. The number of hydrogen-bond acceptors (Lipinski definition) is 6. The van der Waals surface area contributed by atoms with Gasteiger partial charge in [0.1, 0.15) is 6.04 Å². The second-order valence-electron chi connectivity index (χ2n) is 14.7. The highest BCUT2D eigenvalue weighted by Gasteiger charge is 2.44. The summed E-state index contributed by atoms with van der Waals surface area (Å²) < 4.78 is 0. The van der Waals surface area contributed by atoms with Crippen molar-refractivity contribution in [1.29, 1.82) is 0 Å². The topological polar surface area (TPSA) is 147 Å². The maximum atomic E-state index is 14.3. The number of fused-ring (bicyclic) bond motifs is 2. The molecule has 0 unspecified atom stereocenters. The van der Waals surface area contributed by atoms with Crippen LogP contribution in [0.25, 0.3) is 21.8 Å². The number of hydrogen-bond donors (Lipinski definition) is 4. The van der Waals surface area contributed by atoms with Gasteiger partial charge >= 0.3 is 6.03 Å². The van der Waals surface area contributed by atoms with E-state index < -0.39 is 6.04 Å². The third kappa shape index (κ3) is 6.73. The lowest BCUT2D eigenvalue weighted by Crippen LogP contribution is -2.54. The van der Waals surface area contributed by atoms with Crippen LogP contribution in [-0.2, 0) is 16.0 Å². The summed E-state index contributed by atoms with van der Waals surface area (Å²) in [5.41, 5.74) is 4.45. The third-order valence-corrected chi connectivity index (χ3v) is 11.5. The molecule has 4 amide bonds. The number of aromatic nitrogens is 3. The van der Waals surface area contributed by atoms with E-state index in [2.05, 4.69) is 31.9 Å². The molecule has 0 bridgehead atoms. The van der Waals surface area contributed by atoms with Crippen LogP contribution in [0.4, 0.5) is 4.79 Å². The third-order valence-electron chi connectivity index (χ3n) is 11.5. The Morgan fingerprint density at radius 3 is 2.40 bits per heavy atom. The number of rotatable bonds is 7. The minimum absolute atomic E-state index is 0.0152. The molecule has 12 heteroatoms. The van der Waals surface area contributed by atoms with Crippen molar-refractivity contribution in [1.82, 2.24) is 40.5 Å². The van der Waals surface area contributed by atoms with E-state index >= 15 is 0 Å². The van der Waals surface area contributed by atoms with Crippen molar-refractivity contribution in [3.8, 4) is 0 Å². The van der Waals surface area contributed by atoms with Crippen LogP contribution < -0.4 is 16.2 Å². The molecule has 0 aliphatic carbocycles. The lowest BCUT2D eigenvalue weighted by molar-refractivity contribution is -0.136. The zero-order valence-electron chi connectivity index (χ0n) is 29.3. The van der Waals surface area contributed by atoms with Gasteiger partial charge in [-0.15, -0.1) is 0 Å². The number of pyridine rings is 1. The highest BCUT2D eigenvalue weighted by atomic mass is 16.2. The number of amides is 4. The van der Waals surface area contributed by atoms with Crippen LogP contribution in [0.2, 0.25) is 0 Å². The molecule has 0 saturated carbocycles. The zero-order valence-corrected chi connectivity index (χ0v) is 29.3. The van der Waals surface area contributed by atoms with E-state index in [1.165, 1.54) is 0 Å². The zero-order chi connectivity index (χ0) is 35.0. The Kier molecular flexibility index (Phi) is 9.38. The second kappa shape index (κ2) is 13.9. The molecule has 2 atom stereocenters. The first-order valence-electron chi connectivity index (χ1n) is 18.0. The molecular weight excluding hydrogens is 632 g/mol. The Balaban J connectivity index is 1.04. The predicted octanol–water partition coefficient (Wildman–Crippen LogP) is 3.66. The Bertz CT molecular complexity index is 1950. The molecule has 4 N–H and O–H groups in total. The molecule has 3 fully saturated rings. The number of nitrogens with one attached hydrogen (secondary N) is 4. The quantitative estimate of drug-likeness (QED) is 0.235. The van der Waals surface area contributed by atoms with Gasteiger partial charge in [0.15, 0.2) is 0 Å². The molecule has 7 rings (SSSR count). The smallest absolute Gasteiger partial charge is 0.318 e. The van der Waals surface area contributed by atoms with Crippen molar-refractivity contribution in [3.63, 3.8) is 0 Å². The average molecular weight is 681 g/mol. The number of urea groups is 1. The number of H-pyrrole nitrogens is 2. The number of carbonyl (C=O) groups excluding carboxylic acids is 3. The number of benzene rings is 2. The predicted molar refractivity (Wildman–Crippen MR) is 193 cm³/mol. The Labute approximate surface area is 292 Å². The summed E-state index contributed by atoms with van der Waals surface area (Å²) in [6.45, 7) is 7.55. The number of para-hydroxylation sites is 1. The highest BCUT2D eigenvalue weighted by Crippen LogP contribution is 2.41. The molecule has 1 spiro atoms. The first-order chi connectivity index (χ1) is 24.1. The molecule has 50 heavy (non-hydrogen) atoms. The van der Waals surface area contributed by atoms with Gasteiger partial charge in [0.05, 0.1) is 17.8 Å². The normalized spacial score (nSPS) is 19.3. The lowest BCUT2D eigenvalue weighted by atomic mass is 9.77. The largest absolute Gasteiger partial charge is 0.341 e. The summed E-state index contributed by atoms with van der Waals surface area (Å²) in [5.74, 6) is 0.104. The van der Waals surface area contributed by atoms with Crippen LogP contribution >= 0.6 is 0 Å². The summed E-state index contributed by atoms with van der Waals surface area (Å²) in [4.78, 5) is 62.5. The summed E-state index contributed by atoms with van der Waals surface area (Å²) in [6, 6.07) is 12.6. The second-order valence-corrected chi connectivity index (χ2v) is 14.7. The van der Waals surface area contributed by atoms with Crippen LogP contribution in [-0.4, -0.2) is 106 Å². The molecule has 12 nitrogen and oxygen atoms in total. The molecule has 3 saturated heterocycles. The number of piperidine rings is 2. The van der Waals surface area contributed by atoms with Crippen molar-refractivity contribution in [2.24, 2.45) is 5.41 Å². The van der Waals surface area contributed by atoms with Gasteiger partial charge in [-0.25, -0.2) is 4.79 Å². The van der Waals surface area contributed by atoms with Crippen LogP contribution in [0.1, 0.15) is 61.6 Å². The Hall–Kier alpha value is -4.71. The fourth-order valence-corrected chi connectivity index (χ4v) is 8.32. The standard InChI is InChI=1S/C38H48N8O4/c1-24-18-26(19-29-22-40-43-33(24)29)20-32(36(49)46-17-12-38(23-46)10-15-44(16-11-38)35(48)25(2)39-3)42-37(50)45-13-8-27(9-14-45)30-21-28-6-4-5-7-31(28)41-34(30)47/h4-7,18-19,21-22,25,27,32,39H,8-17,20,23H2,1-3H3,(H,40,43)(H,41,47)(H,42,50)/t25-,32+/m1/s1. The van der Waals surface area contributed by atoms with Crippen molar-refractivity contribution in [2.75, 3.05) is 46.3 Å². The molecule has 5 heterocycles. The van der Waals surface area contributed by atoms with Gasteiger partial charge in [-0.05, 0) is 99.0 Å². The Morgan fingerprint density at radius 2 is 1.66 bits per heavy atom. The van der Waals surface area contributed by atoms with E-state index in [0.717, 1.165) is 57.8 Å². The molecule has 3 aliphatic heterocycles. The molecule has 0 radical (unpaired) electrons. The van der Waals surface area contributed by atoms with E-state index in [-0.39, 0.29) is 40.8 Å². The molecule has 2 aromatic heterocycles. The van der Waals surface area contributed by atoms with E-state index in [4.69, 9.17) is 0 Å². The minimum Gasteiger partial charge on any atom is -0.341 e. The van der Waals surface area contributed by atoms with Gasteiger partial charge in [-0.1, -0.05) is 24.3 Å². The maximum absolute atomic E-state index is 14.3. The maximum Gasteiger partial charge on any atom is 0.318 e. The number of carbonyl (C=O) groups is 3. The van der Waals surface area contributed by atoms with Gasteiger partial charge in [0, 0.05) is 62.2 Å². The van der Waals surface area contributed by atoms with Crippen molar-refractivity contribution >= 4 is 39.7 Å². The van der Waals surface area contributed by atoms with Crippen LogP contribution in [0.5, 0.6) is 0 Å². The summed E-state index contributed by atoms with van der Waals surface area (Å²) in [5, 5.41) is 15.4. The molecule has 4 aromatic rings. The first-order valence-corrected chi connectivity index (χ1v) is 18.0. The first kappa shape index (κ1) is 33.8. The van der Waals surface area contributed by atoms with E-state index in [1.54, 1.807) is 18.1 Å². The van der Waals surface area contributed by atoms with Gasteiger partial charge < -0.3 is 30.3 Å². The Morgan fingerprint density at radius 1 is 0.940 bits per heavy atom. The van der Waals surface area contributed by atoms with Gasteiger partial charge in [0.25, 0.3) is 5.56 Å². The molecule has 2 aromatic carbocycles. The number of likely N-dealkylation sites (tertiary alicyclic amines) is 3. The van der Waals surface area contributed by atoms with Crippen LogP contribution in [0.3, 0.4) is 0 Å². The van der Waals surface area contributed by atoms with E-state index in [0.29, 0.717) is 58.5 Å². The van der Waals surface area contributed by atoms with Gasteiger partial charge in [-0.3, -0.25) is 19.5 Å². The van der Waals surface area contributed by atoms with Crippen molar-refractivity contribution in [3.05, 3.63) is 75.7 Å².